The first-order valence-corrected chi connectivity index (χ1v) is 11.1. The number of allylic oxidation sites excluding steroid dienone is 1. The second kappa shape index (κ2) is 10.0. The molecule has 0 aromatic rings. The van der Waals surface area contributed by atoms with Crippen molar-refractivity contribution < 1.29 is 9.53 Å². The Morgan fingerprint density at radius 2 is 1.91 bits per heavy atom. The van der Waals surface area contributed by atoms with Gasteiger partial charge in [-0.3, -0.25) is 0 Å². The minimum Gasteiger partial charge on any atom is -0.413 e. The number of aliphatic hydroxyl groups excluding tert-OH is 1. The Morgan fingerprint density at radius 1 is 1.27 bits per heavy atom. The molecule has 0 aromatic carbocycles. The van der Waals surface area contributed by atoms with E-state index in [0.717, 1.165) is 25.7 Å². The maximum atomic E-state index is 8.85. The van der Waals surface area contributed by atoms with Crippen LogP contribution < -0.4 is 0 Å². The van der Waals surface area contributed by atoms with E-state index in [4.69, 9.17) is 16.0 Å². The lowest BCUT2D eigenvalue weighted by molar-refractivity contribution is 0.126. The molecule has 126 valence electrons. The predicted octanol–water partition coefficient (Wildman–Crippen LogP) is 4.92. The Balaban J connectivity index is 5.02. The SMILES string of the molecule is C#CCC[C@H](C=C)[C@@H](CC/C=C\CO)O[Si](C)(C)C(C)(C)C. The summed E-state index contributed by atoms with van der Waals surface area (Å²) in [5.74, 6) is 3.00. The lowest BCUT2D eigenvalue weighted by atomic mass is 9.94. The molecule has 0 rings (SSSR count). The maximum Gasteiger partial charge on any atom is 0.192 e. The molecule has 0 bridgehead atoms. The van der Waals surface area contributed by atoms with Crippen molar-refractivity contribution in [3.8, 4) is 12.3 Å². The molecule has 0 unspecified atom stereocenters. The summed E-state index contributed by atoms with van der Waals surface area (Å²) in [5.41, 5.74) is 0. The lowest BCUT2D eigenvalue weighted by Crippen LogP contribution is -2.45. The number of hydrogen-bond acceptors (Lipinski definition) is 2. The highest BCUT2D eigenvalue weighted by Gasteiger charge is 2.40. The quantitative estimate of drug-likeness (QED) is 0.351. The highest BCUT2D eigenvalue weighted by atomic mass is 28.4. The van der Waals surface area contributed by atoms with Crippen molar-refractivity contribution in [3.63, 3.8) is 0 Å². The second-order valence-electron chi connectivity index (χ2n) is 7.29. The molecule has 0 fully saturated rings. The molecule has 2 atom stereocenters. The summed E-state index contributed by atoms with van der Waals surface area (Å²) in [4.78, 5) is 0. The van der Waals surface area contributed by atoms with E-state index < -0.39 is 8.32 Å². The molecule has 2 nitrogen and oxygen atoms in total. The maximum absolute atomic E-state index is 8.85. The monoisotopic (exact) mass is 322 g/mol. The van der Waals surface area contributed by atoms with Crippen molar-refractivity contribution in [2.75, 3.05) is 6.61 Å². The number of rotatable bonds is 10. The van der Waals surface area contributed by atoms with Gasteiger partial charge in [0.2, 0.25) is 0 Å². The van der Waals surface area contributed by atoms with Crippen LogP contribution in [-0.4, -0.2) is 26.1 Å². The standard InChI is InChI=1S/C19H34O2Si/c1-8-10-14-17(9-2)18(15-12-11-13-16-20)21-22(6,7)19(3,4)5/h1,9,11,13,17-18,20H,2,10,12,14-16H2,3-7H3/b13-11-/t17-,18+/m0/s1. The first kappa shape index (κ1) is 21.2. The molecule has 0 aliphatic rings. The zero-order valence-corrected chi connectivity index (χ0v) is 16.1. The van der Waals surface area contributed by atoms with Crippen LogP contribution in [0.1, 0.15) is 46.5 Å². The van der Waals surface area contributed by atoms with E-state index in [9.17, 15) is 0 Å². The summed E-state index contributed by atoms with van der Waals surface area (Å²) in [6, 6.07) is 0. The Bertz CT molecular complexity index is 385. The Labute approximate surface area is 138 Å². The fourth-order valence-corrected chi connectivity index (χ4v) is 3.48. The molecule has 0 aliphatic carbocycles. The lowest BCUT2D eigenvalue weighted by Gasteiger charge is -2.41. The van der Waals surface area contributed by atoms with Crippen molar-refractivity contribution in [1.29, 1.82) is 0 Å². The van der Waals surface area contributed by atoms with Gasteiger partial charge in [0.15, 0.2) is 8.32 Å². The number of aliphatic hydroxyl groups is 1. The Morgan fingerprint density at radius 3 is 2.36 bits per heavy atom. The highest BCUT2D eigenvalue weighted by molar-refractivity contribution is 6.74. The average Bonchev–Trinajstić information content (AvgIpc) is 2.42. The van der Waals surface area contributed by atoms with Gasteiger partial charge in [-0.05, 0) is 37.4 Å². The third-order valence-corrected chi connectivity index (χ3v) is 9.05. The van der Waals surface area contributed by atoms with Gasteiger partial charge in [0.25, 0.3) is 0 Å². The molecule has 0 saturated heterocycles. The predicted molar refractivity (Wildman–Crippen MR) is 99.3 cm³/mol. The number of hydrogen-bond donors (Lipinski definition) is 1. The second-order valence-corrected chi connectivity index (χ2v) is 12.0. The molecule has 22 heavy (non-hydrogen) atoms. The summed E-state index contributed by atoms with van der Waals surface area (Å²) in [7, 11) is -1.83. The van der Waals surface area contributed by atoms with Gasteiger partial charge in [-0.2, -0.15) is 0 Å². The van der Waals surface area contributed by atoms with Crippen LogP contribution in [-0.2, 0) is 4.43 Å². The van der Waals surface area contributed by atoms with Gasteiger partial charge in [-0.15, -0.1) is 18.9 Å². The van der Waals surface area contributed by atoms with Crippen molar-refractivity contribution in [3.05, 3.63) is 24.8 Å². The zero-order chi connectivity index (χ0) is 17.2. The van der Waals surface area contributed by atoms with E-state index in [1.165, 1.54) is 0 Å². The first-order chi connectivity index (χ1) is 10.2. The molecule has 0 amide bonds. The summed E-state index contributed by atoms with van der Waals surface area (Å²) in [5, 5.41) is 9.03. The topological polar surface area (TPSA) is 29.5 Å². The van der Waals surface area contributed by atoms with Gasteiger partial charge in [0, 0.05) is 12.3 Å². The highest BCUT2D eigenvalue weighted by Crippen LogP contribution is 2.39. The largest absolute Gasteiger partial charge is 0.413 e. The third kappa shape index (κ3) is 7.44. The van der Waals surface area contributed by atoms with Gasteiger partial charge in [-0.25, -0.2) is 0 Å². The van der Waals surface area contributed by atoms with E-state index in [1.807, 2.05) is 12.2 Å². The van der Waals surface area contributed by atoms with Crippen LogP contribution in [0.15, 0.2) is 24.8 Å². The molecular weight excluding hydrogens is 288 g/mol. The van der Waals surface area contributed by atoms with Crippen molar-refractivity contribution in [2.24, 2.45) is 5.92 Å². The summed E-state index contributed by atoms with van der Waals surface area (Å²) in [6.45, 7) is 15.4. The average molecular weight is 323 g/mol. The van der Waals surface area contributed by atoms with Gasteiger partial charge < -0.3 is 9.53 Å². The molecule has 0 aromatic heterocycles. The van der Waals surface area contributed by atoms with E-state index in [0.29, 0.717) is 0 Å². The van der Waals surface area contributed by atoms with Gasteiger partial charge in [0.05, 0.1) is 12.7 Å². The van der Waals surface area contributed by atoms with Gasteiger partial charge >= 0.3 is 0 Å². The van der Waals surface area contributed by atoms with Gasteiger partial charge in [0.1, 0.15) is 0 Å². The summed E-state index contributed by atoms with van der Waals surface area (Å²) in [6.07, 6.45) is 14.9. The van der Waals surface area contributed by atoms with Crippen LogP contribution in [0, 0.1) is 18.3 Å². The molecule has 3 heteroatoms. The first-order valence-electron chi connectivity index (χ1n) is 8.19. The fourth-order valence-electron chi connectivity index (χ4n) is 2.07. The van der Waals surface area contributed by atoms with Crippen LogP contribution in [0.5, 0.6) is 0 Å². The van der Waals surface area contributed by atoms with Crippen LogP contribution in [0.25, 0.3) is 0 Å². The molecule has 0 aliphatic heterocycles. The third-order valence-electron chi connectivity index (χ3n) is 4.54. The van der Waals surface area contributed by atoms with Crippen LogP contribution in [0.3, 0.4) is 0 Å². The van der Waals surface area contributed by atoms with Crippen LogP contribution >= 0.6 is 0 Å². The summed E-state index contributed by atoms with van der Waals surface area (Å²) < 4.78 is 6.64. The van der Waals surface area contributed by atoms with E-state index >= 15 is 0 Å². The minimum atomic E-state index is -1.83. The van der Waals surface area contributed by atoms with Crippen molar-refractivity contribution in [1.82, 2.24) is 0 Å². The van der Waals surface area contributed by atoms with E-state index in [2.05, 4.69) is 46.4 Å². The molecule has 0 radical (unpaired) electrons. The minimum absolute atomic E-state index is 0.0930. The Kier molecular flexibility index (Phi) is 9.67. The fraction of sp³-hybridized carbons (Fsp3) is 0.684. The van der Waals surface area contributed by atoms with Crippen molar-refractivity contribution in [2.45, 2.75) is 70.7 Å². The van der Waals surface area contributed by atoms with E-state index in [1.54, 1.807) is 6.08 Å². The molecule has 0 saturated carbocycles. The molecule has 0 spiro atoms. The normalized spacial score (nSPS) is 15.5. The Hall–Kier alpha value is -0.823. The molecule has 0 heterocycles. The molecular formula is C19H34O2Si. The number of terminal acetylenes is 1. The van der Waals surface area contributed by atoms with Crippen LogP contribution in [0.4, 0.5) is 0 Å². The van der Waals surface area contributed by atoms with E-state index in [-0.39, 0.29) is 23.7 Å². The smallest absolute Gasteiger partial charge is 0.192 e. The van der Waals surface area contributed by atoms with Crippen LogP contribution in [0.2, 0.25) is 18.1 Å². The van der Waals surface area contributed by atoms with Crippen molar-refractivity contribution >= 4 is 8.32 Å². The van der Waals surface area contributed by atoms with Gasteiger partial charge in [-0.1, -0.05) is 39.0 Å². The summed E-state index contributed by atoms with van der Waals surface area (Å²) >= 11 is 0. The molecule has 1 N–H and O–H groups in total. The zero-order valence-electron chi connectivity index (χ0n) is 15.1.